The average Bonchev–Trinajstić information content (AvgIpc) is 3.05. The van der Waals surface area contributed by atoms with E-state index in [1.807, 2.05) is 0 Å². The third-order valence-electron chi connectivity index (χ3n) is 3.80. The minimum absolute atomic E-state index is 0.174. The van der Waals surface area contributed by atoms with Crippen LogP contribution in [0.15, 0.2) is 22.7 Å². The molecule has 0 aliphatic heterocycles. The molecule has 0 spiro atoms. The van der Waals surface area contributed by atoms with Gasteiger partial charge >= 0.3 is 0 Å². The summed E-state index contributed by atoms with van der Waals surface area (Å²) in [5.41, 5.74) is 9.88. The minimum atomic E-state index is -0.174. The zero-order valence-electron chi connectivity index (χ0n) is 11.4. The first-order valence-corrected chi connectivity index (χ1v) is 6.86. The summed E-state index contributed by atoms with van der Waals surface area (Å²) < 4.78 is 5.34. The number of nitrogens with two attached hydrogens (primary N) is 1. The van der Waals surface area contributed by atoms with E-state index in [1.54, 1.807) is 0 Å². The van der Waals surface area contributed by atoms with E-state index in [-0.39, 0.29) is 6.04 Å². The lowest BCUT2D eigenvalue weighted by molar-refractivity contribution is 0.400. The summed E-state index contributed by atoms with van der Waals surface area (Å²) >= 11 is 0. The van der Waals surface area contributed by atoms with Gasteiger partial charge in [-0.25, -0.2) is 0 Å². The van der Waals surface area contributed by atoms with E-state index in [1.165, 1.54) is 24.0 Å². The summed E-state index contributed by atoms with van der Waals surface area (Å²) in [4.78, 5) is 4.42. The van der Waals surface area contributed by atoms with Gasteiger partial charge in [-0.05, 0) is 48.4 Å². The Morgan fingerprint density at radius 2 is 2.00 bits per heavy atom. The van der Waals surface area contributed by atoms with E-state index in [9.17, 15) is 0 Å². The summed E-state index contributed by atoms with van der Waals surface area (Å²) in [6.45, 7) is 4.10. The molecule has 0 saturated carbocycles. The van der Waals surface area contributed by atoms with Crippen molar-refractivity contribution >= 4 is 0 Å². The Morgan fingerprint density at radius 3 is 2.79 bits per heavy atom. The van der Waals surface area contributed by atoms with Gasteiger partial charge in [0, 0.05) is 5.56 Å². The molecule has 1 aromatic carbocycles. The summed E-state index contributed by atoms with van der Waals surface area (Å²) in [6, 6.07) is 6.22. The third-order valence-corrected chi connectivity index (χ3v) is 3.80. The molecule has 100 valence electrons. The lowest BCUT2D eigenvalue weighted by Crippen LogP contribution is -2.18. The molecule has 2 N–H and O–H groups in total. The van der Waals surface area contributed by atoms with Crippen LogP contribution >= 0.6 is 0 Å². The molecule has 0 saturated heterocycles. The average molecular weight is 257 g/mol. The second kappa shape index (κ2) is 4.78. The molecule has 0 radical (unpaired) electrons. The second-order valence-electron chi connectivity index (χ2n) is 5.56. The monoisotopic (exact) mass is 257 g/mol. The maximum absolute atomic E-state index is 6.03. The SMILES string of the molecule is CC(C)C(N)c1noc(-c2ccc3c(c2)CCC3)n1. The van der Waals surface area contributed by atoms with Crippen LogP contribution in [-0.2, 0) is 12.8 Å². The van der Waals surface area contributed by atoms with Crippen LogP contribution in [0.5, 0.6) is 0 Å². The van der Waals surface area contributed by atoms with Crippen molar-refractivity contribution in [1.29, 1.82) is 0 Å². The Morgan fingerprint density at radius 1 is 1.21 bits per heavy atom. The zero-order valence-corrected chi connectivity index (χ0v) is 11.4. The Balaban J connectivity index is 1.90. The minimum Gasteiger partial charge on any atom is -0.334 e. The van der Waals surface area contributed by atoms with Crippen molar-refractivity contribution in [2.45, 2.75) is 39.2 Å². The molecule has 1 atom stereocenters. The molecule has 2 aromatic rings. The largest absolute Gasteiger partial charge is 0.334 e. The molecule has 19 heavy (non-hydrogen) atoms. The van der Waals surface area contributed by atoms with Gasteiger partial charge in [0.2, 0.25) is 0 Å². The van der Waals surface area contributed by atoms with Gasteiger partial charge in [-0.1, -0.05) is 25.1 Å². The van der Waals surface area contributed by atoms with E-state index in [4.69, 9.17) is 10.3 Å². The van der Waals surface area contributed by atoms with Crippen LogP contribution in [0, 0.1) is 5.92 Å². The number of aromatic nitrogens is 2. The number of hydrogen-bond donors (Lipinski definition) is 1. The van der Waals surface area contributed by atoms with Crippen molar-refractivity contribution in [3.8, 4) is 11.5 Å². The van der Waals surface area contributed by atoms with Gasteiger partial charge in [0.05, 0.1) is 6.04 Å². The summed E-state index contributed by atoms with van der Waals surface area (Å²) in [6.07, 6.45) is 3.57. The van der Waals surface area contributed by atoms with Gasteiger partial charge in [-0.15, -0.1) is 0 Å². The summed E-state index contributed by atoms with van der Waals surface area (Å²) in [5, 5.41) is 4.00. The van der Waals surface area contributed by atoms with Crippen LogP contribution < -0.4 is 5.73 Å². The van der Waals surface area contributed by atoms with E-state index >= 15 is 0 Å². The predicted octanol–water partition coefficient (Wildman–Crippen LogP) is 2.88. The molecule has 4 heteroatoms. The van der Waals surface area contributed by atoms with Crippen molar-refractivity contribution in [3.05, 3.63) is 35.2 Å². The molecule has 0 bridgehead atoms. The lowest BCUT2D eigenvalue weighted by atomic mass is 10.1. The fraction of sp³-hybridized carbons (Fsp3) is 0.467. The molecule has 0 fully saturated rings. The topological polar surface area (TPSA) is 64.9 Å². The normalized spacial score (nSPS) is 15.8. The number of fused-ring (bicyclic) bond motifs is 1. The van der Waals surface area contributed by atoms with Crippen molar-refractivity contribution in [2.75, 3.05) is 0 Å². The van der Waals surface area contributed by atoms with Gasteiger partial charge in [0.25, 0.3) is 5.89 Å². The Hall–Kier alpha value is -1.68. The molecule has 4 nitrogen and oxygen atoms in total. The second-order valence-corrected chi connectivity index (χ2v) is 5.56. The maximum Gasteiger partial charge on any atom is 0.257 e. The summed E-state index contributed by atoms with van der Waals surface area (Å²) in [7, 11) is 0. The van der Waals surface area contributed by atoms with Gasteiger partial charge in [0.15, 0.2) is 5.82 Å². The van der Waals surface area contributed by atoms with Gasteiger partial charge in [-0.3, -0.25) is 0 Å². The Bertz CT molecular complexity index is 589. The Labute approximate surface area is 113 Å². The molecule has 1 aliphatic rings. The van der Waals surface area contributed by atoms with Crippen LogP contribution in [0.1, 0.15) is 43.3 Å². The van der Waals surface area contributed by atoms with Crippen molar-refractivity contribution < 1.29 is 4.52 Å². The van der Waals surface area contributed by atoms with E-state index in [2.05, 4.69) is 42.2 Å². The van der Waals surface area contributed by atoms with Gasteiger partial charge in [-0.2, -0.15) is 4.98 Å². The third kappa shape index (κ3) is 2.28. The first-order chi connectivity index (χ1) is 9.15. The van der Waals surface area contributed by atoms with Crippen molar-refractivity contribution in [2.24, 2.45) is 11.7 Å². The molecular formula is C15H19N3O. The molecule has 1 unspecified atom stereocenters. The fourth-order valence-corrected chi connectivity index (χ4v) is 2.49. The van der Waals surface area contributed by atoms with E-state index < -0.39 is 0 Å². The van der Waals surface area contributed by atoms with E-state index in [0.29, 0.717) is 17.6 Å². The fourth-order valence-electron chi connectivity index (χ4n) is 2.49. The zero-order chi connectivity index (χ0) is 13.4. The van der Waals surface area contributed by atoms with Crippen LogP contribution in [0.4, 0.5) is 0 Å². The molecule has 1 aromatic heterocycles. The van der Waals surface area contributed by atoms with Gasteiger partial charge in [0.1, 0.15) is 0 Å². The van der Waals surface area contributed by atoms with Crippen LogP contribution in [0.25, 0.3) is 11.5 Å². The van der Waals surface area contributed by atoms with Crippen LogP contribution in [0.2, 0.25) is 0 Å². The number of aryl methyl sites for hydroxylation is 2. The predicted molar refractivity (Wildman–Crippen MR) is 73.5 cm³/mol. The Kier molecular flexibility index (Phi) is 3.11. The maximum atomic E-state index is 6.03. The lowest BCUT2D eigenvalue weighted by Gasteiger charge is -2.09. The standard InChI is InChI=1S/C15H19N3O/c1-9(2)13(16)14-17-15(19-18-14)12-7-6-10-4-3-5-11(10)8-12/h6-9,13H,3-5,16H2,1-2H3. The quantitative estimate of drug-likeness (QED) is 0.918. The first-order valence-electron chi connectivity index (χ1n) is 6.86. The number of hydrogen-bond acceptors (Lipinski definition) is 4. The van der Waals surface area contributed by atoms with Crippen LogP contribution in [0.3, 0.4) is 0 Å². The van der Waals surface area contributed by atoms with E-state index in [0.717, 1.165) is 12.0 Å². The number of nitrogens with zero attached hydrogens (tertiary/aromatic N) is 2. The smallest absolute Gasteiger partial charge is 0.257 e. The van der Waals surface area contributed by atoms with Gasteiger partial charge < -0.3 is 10.3 Å². The highest BCUT2D eigenvalue weighted by atomic mass is 16.5. The highest BCUT2D eigenvalue weighted by molar-refractivity contribution is 5.56. The molecular weight excluding hydrogens is 238 g/mol. The highest BCUT2D eigenvalue weighted by Gasteiger charge is 2.19. The number of rotatable bonds is 3. The van der Waals surface area contributed by atoms with Crippen molar-refractivity contribution in [1.82, 2.24) is 10.1 Å². The molecule has 0 amide bonds. The molecule has 3 rings (SSSR count). The van der Waals surface area contributed by atoms with Crippen LogP contribution in [-0.4, -0.2) is 10.1 Å². The summed E-state index contributed by atoms with van der Waals surface area (Å²) in [5.74, 6) is 1.46. The van der Waals surface area contributed by atoms with Crippen molar-refractivity contribution in [3.63, 3.8) is 0 Å². The first kappa shape index (κ1) is 12.4. The highest BCUT2D eigenvalue weighted by Crippen LogP contribution is 2.28. The molecule has 1 heterocycles. The number of benzene rings is 1. The molecule has 1 aliphatic carbocycles.